The van der Waals surface area contributed by atoms with Gasteiger partial charge in [-0.05, 0) is 17.7 Å². The largest absolute Gasteiger partial charge is 0.464 e. The summed E-state index contributed by atoms with van der Waals surface area (Å²) in [5.41, 5.74) is 0.540. The van der Waals surface area contributed by atoms with E-state index in [0.717, 1.165) is 0 Å². The Bertz CT molecular complexity index is 1050. The van der Waals surface area contributed by atoms with Crippen LogP contribution in [-0.4, -0.2) is 60.6 Å². The van der Waals surface area contributed by atoms with Crippen LogP contribution in [-0.2, 0) is 32.0 Å². The predicted molar refractivity (Wildman–Crippen MR) is 116 cm³/mol. The summed E-state index contributed by atoms with van der Waals surface area (Å²) in [6, 6.07) is 4.62. The molecule has 32 heavy (non-hydrogen) atoms. The van der Waals surface area contributed by atoms with Gasteiger partial charge in [0.05, 0.1) is 38.7 Å². The van der Waals surface area contributed by atoms with E-state index in [1.54, 1.807) is 22.4 Å². The maximum Gasteiger partial charge on any atom is 0.357 e. The van der Waals surface area contributed by atoms with Crippen molar-refractivity contribution >= 4 is 45.1 Å². The molecule has 170 valence electrons. The Morgan fingerprint density at radius 2 is 2.19 bits per heavy atom. The lowest BCUT2D eigenvalue weighted by molar-refractivity contribution is -0.131. The molecular weight excluding hydrogens is 505 g/mol. The summed E-state index contributed by atoms with van der Waals surface area (Å²) >= 11 is 4.47. The first-order valence-corrected chi connectivity index (χ1v) is 11.7. The van der Waals surface area contributed by atoms with Gasteiger partial charge in [0.15, 0.2) is 5.69 Å². The Morgan fingerprint density at radius 1 is 1.38 bits per heavy atom. The van der Waals surface area contributed by atoms with Crippen LogP contribution in [0, 0.1) is 17.7 Å². The van der Waals surface area contributed by atoms with Gasteiger partial charge in [-0.15, -0.1) is 11.3 Å². The second kappa shape index (κ2) is 9.63. The monoisotopic (exact) mass is 525 g/mol. The fourth-order valence-corrected chi connectivity index (χ4v) is 5.05. The molecule has 1 aromatic carbocycles. The molecule has 1 aromatic heterocycles. The smallest absolute Gasteiger partial charge is 0.357 e. The minimum atomic E-state index is -0.524. The van der Waals surface area contributed by atoms with Gasteiger partial charge < -0.3 is 19.7 Å². The van der Waals surface area contributed by atoms with E-state index in [9.17, 15) is 18.8 Å². The van der Waals surface area contributed by atoms with Gasteiger partial charge in [0.1, 0.15) is 10.8 Å². The molecule has 2 aliphatic heterocycles. The van der Waals surface area contributed by atoms with Crippen molar-refractivity contribution in [3.8, 4) is 0 Å². The lowest BCUT2D eigenvalue weighted by Crippen LogP contribution is -2.37. The molecule has 3 atom stereocenters. The van der Waals surface area contributed by atoms with Crippen molar-refractivity contribution in [1.29, 1.82) is 0 Å². The Hall–Kier alpha value is -2.37. The number of esters is 1. The van der Waals surface area contributed by atoms with Gasteiger partial charge in [0, 0.05) is 28.9 Å². The van der Waals surface area contributed by atoms with Crippen LogP contribution in [0.1, 0.15) is 21.1 Å². The number of nitrogens with zero attached hydrogens (tertiary/aromatic N) is 2. The molecule has 2 saturated heterocycles. The van der Waals surface area contributed by atoms with Crippen molar-refractivity contribution in [1.82, 2.24) is 15.2 Å². The highest BCUT2D eigenvalue weighted by Gasteiger charge is 2.47. The van der Waals surface area contributed by atoms with Crippen LogP contribution in [0.25, 0.3) is 0 Å². The number of fused-ring (bicyclic) bond motifs is 1. The number of hydrogen-bond acceptors (Lipinski definition) is 7. The van der Waals surface area contributed by atoms with Crippen LogP contribution >= 0.6 is 27.3 Å². The van der Waals surface area contributed by atoms with Gasteiger partial charge in [-0.25, -0.2) is 14.2 Å². The van der Waals surface area contributed by atoms with Crippen molar-refractivity contribution in [2.24, 2.45) is 11.8 Å². The van der Waals surface area contributed by atoms with Crippen LogP contribution in [0.3, 0.4) is 0 Å². The minimum Gasteiger partial charge on any atom is -0.464 e. The number of ether oxygens (including phenoxy) is 2. The Balaban J connectivity index is 1.32. The Kier molecular flexibility index (Phi) is 6.87. The quantitative estimate of drug-likeness (QED) is 0.580. The minimum absolute atomic E-state index is 0.0397. The first kappa shape index (κ1) is 22.8. The van der Waals surface area contributed by atoms with Gasteiger partial charge in [-0.2, -0.15) is 0 Å². The average molecular weight is 526 g/mol. The van der Waals surface area contributed by atoms with E-state index < -0.39 is 11.8 Å². The van der Waals surface area contributed by atoms with Crippen molar-refractivity contribution in [2.75, 3.05) is 26.8 Å². The summed E-state index contributed by atoms with van der Waals surface area (Å²) < 4.78 is 25.1. The molecule has 2 amide bonds. The summed E-state index contributed by atoms with van der Waals surface area (Å²) in [6.45, 7) is 1.26. The van der Waals surface area contributed by atoms with E-state index >= 15 is 0 Å². The highest BCUT2D eigenvalue weighted by Crippen LogP contribution is 2.34. The average Bonchev–Trinajstić information content (AvgIpc) is 3.49. The zero-order chi connectivity index (χ0) is 22.8. The fourth-order valence-electron chi connectivity index (χ4n) is 4.01. The van der Waals surface area contributed by atoms with Gasteiger partial charge in [0.25, 0.3) is 0 Å². The molecule has 8 nitrogen and oxygen atoms in total. The fraction of sp³-hybridized carbons (Fsp3) is 0.429. The predicted octanol–water partition coefficient (Wildman–Crippen LogP) is 2.16. The van der Waals surface area contributed by atoms with E-state index in [2.05, 4.69) is 31.0 Å². The molecule has 0 radical (unpaired) electrons. The third kappa shape index (κ3) is 4.84. The number of benzene rings is 1. The van der Waals surface area contributed by atoms with E-state index in [4.69, 9.17) is 4.74 Å². The third-order valence-electron chi connectivity index (χ3n) is 5.72. The number of rotatable bonds is 6. The summed E-state index contributed by atoms with van der Waals surface area (Å²) in [6.07, 6.45) is -0.252. The highest BCUT2D eigenvalue weighted by molar-refractivity contribution is 9.10. The Morgan fingerprint density at radius 3 is 2.94 bits per heavy atom. The maximum absolute atomic E-state index is 14.1. The number of likely N-dealkylation sites (tertiary alicyclic amines) is 1. The van der Waals surface area contributed by atoms with Crippen LogP contribution in [0.4, 0.5) is 4.39 Å². The normalized spacial score (nSPS) is 22.0. The van der Waals surface area contributed by atoms with E-state index in [1.165, 1.54) is 24.5 Å². The first-order valence-electron chi connectivity index (χ1n) is 9.99. The molecule has 3 heterocycles. The van der Waals surface area contributed by atoms with E-state index in [-0.39, 0.29) is 55.0 Å². The number of halogens is 2. The van der Waals surface area contributed by atoms with Gasteiger partial charge >= 0.3 is 5.97 Å². The number of amides is 2. The zero-order valence-electron chi connectivity index (χ0n) is 17.2. The van der Waals surface area contributed by atoms with E-state index in [0.29, 0.717) is 28.1 Å². The second-order valence-corrected chi connectivity index (χ2v) is 9.55. The number of hydrogen-bond donors (Lipinski definition) is 1. The van der Waals surface area contributed by atoms with Crippen molar-refractivity contribution < 1.29 is 28.2 Å². The van der Waals surface area contributed by atoms with Gasteiger partial charge in [-0.1, -0.05) is 22.0 Å². The SMILES string of the molecule is COC(=O)c1csc(CNC(=O)[C@@H]2CO[C@@H]3CN(C(=O)Cc4ccc(Br)cc4F)C[C@H]32)n1. The molecule has 0 saturated carbocycles. The lowest BCUT2D eigenvalue weighted by Gasteiger charge is -2.20. The summed E-state index contributed by atoms with van der Waals surface area (Å²) in [7, 11) is 1.28. The molecule has 2 aromatic rings. The standard InChI is InChI=1S/C21H21BrFN3O5S/c1-30-21(29)16-10-32-18(25-16)6-24-20(28)14-9-31-17-8-26(7-13(14)17)19(27)4-11-2-3-12(22)5-15(11)23/h2-3,5,10,13-14,17H,4,6-9H2,1H3,(H,24,28)/t13-,14+,17+/m0/s1. The molecule has 11 heteroatoms. The summed E-state index contributed by atoms with van der Waals surface area (Å²) in [5, 5.41) is 5.01. The third-order valence-corrected chi connectivity index (χ3v) is 7.06. The first-order chi connectivity index (χ1) is 15.4. The van der Waals surface area contributed by atoms with Crippen molar-refractivity contribution in [2.45, 2.75) is 19.1 Å². The second-order valence-electron chi connectivity index (χ2n) is 7.69. The highest BCUT2D eigenvalue weighted by atomic mass is 79.9. The van der Waals surface area contributed by atoms with Gasteiger partial charge in [0.2, 0.25) is 11.8 Å². The number of methoxy groups -OCH3 is 1. The molecule has 0 unspecified atom stereocenters. The zero-order valence-corrected chi connectivity index (χ0v) is 19.6. The molecule has 0 spiro atoms. The van der Waals surface area contributed by atoms with Gasteiger partial charge in [-0.3, -0.25) is 9.59 Å². The molecule has 2 aliphatic rings. The van der Waals surface area contributed by atoms with Crippen LogP contribution in [0.5, 0.6) is 0 Å². The van der Waals surface area contributed by atoms with E-state index in [1.807, 2.05) is 0 Å². The van der Waals surface area contributed by atoms with Crippen molar-refractivity contribution in [3.05, 3.63) is 50.1 Å². The van der Waals surface area contributed by atoms with Crippen LogP contribution in [0.15, 0.2) is 28.1 Å². The number of thiazole rings is 1. The number of carbonyl (C=O) groups is 3. The molecule has 4 rings (SSSR count). The number of carbonyl (C=O) groups excluding carboxylic acids is 3. The van der Waals surface area contributed by atoms with Crippen LogP contribution in [0.2, 0.25) is 0 Å². The van der Waals surface area contributed by atoms with Crippen molar-refractivity contribution in [3.63, 3.8) is 0 Å². The number of aromatic nitrogens is 1. The topological polar surface area (TPSA) is 97.8 Å². The molecular formula is C21H21BrFN3O5S. The molecule has 1 N–H and O–H groups in total. The lowest BCUT2D eigenvalue weighted by atomic mass is 9.92. The van der Waals surface area contributed by atoms with Crippen LogP contribution < -0.4 is 5.32 Å². The summed E-state index contributed by atoms with van der Waals surface area (Å²) in [4.78, 5) is 42.7. The number of nitrogens with one attached hydrogen (secondary N) is 1. The molecule has 0 aliphatic carbocycles. The molecule has 2 fully saturated rings. The summed E-state index contributed by atoms with van der Waals surface area (Å²) in [5.74, 6) is -1.83. The molecule has 0 bridgehead atoms. The maximum atomic E-state index is 14.1. The Labute approximate surface area is 196 Å².